The molecule has 2 amide bonds. The molecule has 138 valence electrons. The van der Waals surface area contributed by atoms with E-state index in [9.17, 15) is 9.59 Å². The van der Waals surface area contributed by atoms with Gasteiger partial charge in [0, 0.05) is 24.2 Å². The van der Waals surface area contributed by atoms with Crippen molar-refractivity contribution in [3.05, 3.63) is 24.3 Å². The van der Waals surface area contributed by atoms with Gasteiger partial charge in [-0.15, -0.1) is 12.4 Å². The molecule has 2 aliphatic rings. The zero-order valence-corrected chi connectivity index (χ0v) is 15.0. The van der Waals surface area contributed by atoms with Crippen molar-refractivity contribution >= 4 is 29.9 Å². The van der Waals surface area contributed by atoms with Crippen molar-refractivity contribution in [1.29, 1.82) is 0 Å². The Morgan fingerprint density at radius 2 is 1.80 bits per heavy atom. The highest BCUT2D eigenvalue weighted by atomic mass is 35.5. The predicted octanol–water partition coefficient (Wildman–Crippen LogP) is 2.22. The number of carbonyl (C=O) groups is 2. The summed E-state index contributed by atoms with van der Waals surface area (Å²) >= 11 is 0. The average Bonchev–Trinajstić information content (AvgIpc) is 2.87. The minimum Gasteiger partial charge on any atom is -0.493 e. The number of hydrogen-bond acceptors (Lipinski definition) is 4. The van der Waals surface area contributed by atoms with Gasteiger partial charge in [-0.2, -0.15) is 0 Å². The Morgan fingerprint density at radius 1 is 1.16 bits per heavy atom. The highest BCUT2D eigenvalue weighted by Crippen LogP contribution is 2.32. The minimum absolute atomic E-state index is 0. The van der Waals surface area contributed by atoms with Gasteiger partial charge >= 0.3 is 0 Å². The third-order valence-electron chi connectivity index (χ3n) is 4.80. The summed E-state index contributed by atoms with van der Waals surface area (Å²) in [6, 6.07) is 8.40. The van der Waals surface area contributed by atoms with Gasteiger partial charge < -0.3 is 21.1 Å². The monoisotopic (exact) mass is 367 g/mol. The second kappa shape index (κ2) is 9.06. The number of piperidine rings is 1. The van der Waals surface area contributed by atoms with Crippen LogP contribution in [0.5, 0.6) is 5.75 Å². The van der Waals surface area contributed by atoms with E-state index in [-0.39, 0.29) is 37.2 Å². The van der Waals surface area contributed by atoms with Crippen molar-refractivity contribution in [2.45, 2.75) is 50.6 Å². The van der Waals surface area contributed by atoms with Crippen LogP contribution in [0.1, 0.15) is 38.5 Å². The summed E-state index contributed by atoms with van der Waals surface area (Å²) in [4.78, 5) is 22.9. The van der Waals surface area contributed by atoms with Crippen LogP contribution in [0.25, 0.3) is 0 Å². The van der Waals surface area contributed by atoms with E-state index >= 15 is 0 Å². The summed E-state index contributed by atoms with van der Waals surface area (Å²) in [5.41, 5.74) is 5.83. The molecule has 0 aliphatic carbocycles. The number of anilines is 1. The van der Waals surface area contributed by atoms with Gasteiger partial charge in [0.2, 0.25) is 11.8 Å². The van der Waals surface area contributed by atoms with E-state index in [4.69, 9.17) is 10.5 Å². The van der Waals surface area contributed by atoms with E-state index in [2.05, 4.69) is 10.6 Å². The van der Waals surface area contributed by atoms with E-state index in [0.29, 0.717) is 30.2 Å². The molecular formula is C18H26ClN3O3. The molecule has 0 spiro atoms. The highest BCUT2D eigenvalue weighted by molar-refractivity contribution is 5.90. The predicted molar refractivity (Wildman–Crippen MR) is 98.9 cm³/mol. The minimum atomic E-state index is -0.384. The summed E-state index contributed by atoms with van der Waals surface area (Å²) in [5.74, 6) is 0.832. The van der Waals surface area contributed by atoms with Crippen LogP contribution >= 0.6 is 12.4 Å². The number of benzene rings is 1. The van der Waals surface area contributed by atoms with E-state index in [0.717, 1.165) is 18.5 Å². The van der Waals surface area contributed by atoms with Crippen LogP contribution in [0.4, 0.5) is 5.69 Å². The molecule has 0 saturated carbocycles. The summed E-state index contributed by atoms with van der Waals surface area (Å²) in [5, 5.41) is 6.55. The van der Waals surface area contributed by atoms with Gasteiger partial charge in [-0.3, -0.25) is 9.59 Å². The topological polar surface area (TPSA) is 93.5 Å². The van der Waals surface area contributed by atoms with Crippen LogP contribution < -0.4 is 21.1 Å². The van der Waals surface area contributed by atoms with Crippen molar-refractivity contribution < 1.29 is 14.3 Å². The van der Waals surface area contributed by atoms with Crippen molar-refractivity contribution in [3.63, 3.8) is 0 Å². The summed E-state index contributed by atoms with van der Waals surface area (Å²) in [6.45, 7) is 0.263. The zero-order chi connectivity index (χ0) is 16.9. The first-order valence-electron chi connectivity index (χ1n) is 8.65. The molecular weight excluding hydrogens is 342 g/mol. The Balaban J connectivity index is 0.00000225. The van der Waals surface area contributed by atoms with Gasteiger partial charge in [-0.05, 0) is 55.9 Å². The lowest BCUT2D eigenvalue weighted by Crippen LogP contribution is -2.39. The fourth-order valence-corrected chi connectivity index (χ4v) is 3.72. The summed E-state index contributed by atoms with van der Waals surface area (Å²) in [7, 11) is 0. The van der Waals surface area contributed by atoms with Gasteiger partial charge in [0.25, 0.3) is 0 Å². The van der Waals surface area contributed by atoms with Gasteiger partial charge in [-0.1, -0.05) is 0 Å². The average molecular weight is 368 g/mol. The molecule has 25 heavy (non-hydrogen) atoms. The van der Waals surface area contributed by atoms with Crippen LogP contribution in [0.15, 0.2) is 24.3 Å². The molecule has 7 heteroatoms. The summed E-state index contributed by atoms with van der Waals surface area (Å²) in [6.07, 6.45) is 5.50. The lowest BCUT2D eigenvalue weighted by Gasteiger charge is -2.28. The van der Waals surface area contributed by atoms with Crippen LogP contribution in [0, 0.1) is 5.92 Å². The third kappa shape index (κ3) is 5.90. The third-order valence-corrected chi connectivity index (χ3v) is 4.80. The van der Waals surface area contributed by atoms with Crippen LogP contribution in [-0.4, -0.2) is 30.5 Å². The molecule has 6 nitrogen and oxygen atoms in total. The number of halogens is 1. The number of primary amides is 1. The molecule has 2 aliphatic heterocycles. The first-order chi connectivity index (χ1) is 11.6. The molecule has 1 aromatic rings. The standard InChI is InChI=1S/C18H25N3O3.ClH/c19-17(22)7-8-24-16-5-3-13(4-6-16)21-18(23)11-12-9-14-1-2-15(10-12)20-14;/h3-6,12,14-15,20H,1-2,7-11H2,(H2,19,22)(H,21,23);1H. The molecule has 0 aromatic heterocycles. The van der Waals surface area contributed by atoms with Crippen molar-refractivity contribution in [3.8, 4) is 5.75 Å². The normalized spacial score (nSPS) is 24.2. The Bertz CT molecular complexity index is 582. The molecule has 2 saturated heterocycles. The Hall–Kier alpha value is -1.79. The Morgan fingerprint density at radius 3 is 2.40 bits per heavy atom. The van der Waals surface area contributed by atoms with Gasteiger partial charge in [0.05, 0.1) is 13.0 Å². The SMILES string of the molecule is Cl.NC(=O)CCOc1ccc(NC(=O)CC2CC3CCC(C2)N3)cc1. The molecule has 4 N–H and O–H groups in total. The molecule has 1 aromatic carbocycles. The molecule has 3 rings (SSSR count). The molecule has 0 radical (unpaired) electrons. The second-order valence-corrected chi connectivity index (χ2v) is 6.82. The van der Waals surface area contributed by atoms with Crippen molar-refractivity contribution in [2.24, 2.45) is 11.7 Å². The van der Waals surface area contributed by atoms with Gasteiger partial charge in [0.15, 0.2) is 0 Å². The maximum absolute atomic E-state index is 12.2. The van der Waals surface area contributed by atoms with Crippen LogP contribution in [0.2, 0.25) is 0 Å². The quantitative estimate of drug-likeness (QED) is 0.688. The summed E-state index contributed by atoms with van der Waals surface area (Å²) < 4.78 is 5.41. The smallest absolute Gasteiger partial charge is 0.224 e. The van der Waals surface area contributed by atoms with Gasteiger partial charge in [-0.25, -0.2) is 0 Å². The number of nitrogens with two attached hydrogens (primary N) is 1. The van der Waals surface area contributed by atoms with Crippen molar-refractivity contribution in [2.75, 3.05) is 11.9 Å². The van der Waals surface area contributed by atoms with E-state index in [1.165, 1.54) is 12.8 Å². The van der Waals surface area contributed by atoms with E-state index in [1.54, 1.807) is 12.1 Å². The number of amides is 2. The van der Waals surface area contributed by atoms with E-state index in [1.807, 2.05) is 12.1 Å². The number of rotatable bonds is 7. The number of nitrogens with one attached hydrogen (secondary N) is 2. The largest absolute Gasteiger partial charge is 0.493 e. The number of hydrogen-bond donors (Lipinski definition) is 3. The first kappa shape index (κ1) is 19.5. The maximum Gasteiger partial charge on any atom is 0.224 e. The zero-order valence-electron chi connectivity index (χ0n) is 14.2. The van der Waals surface area contributed by atoms with E-state index < -0.39 is 0 Å². The fraction of sp³-hybridized carbons (Fsp3) is 0.556. The van der Waals surface area contributed by atoms with Crippen molar-refractivity contribution in [1.82, 2.24) is 5.32 Å². The Labute approximate surface area is 154 Å². The fourth-order valence-electron chi connectivity index (χ4n) is 3.72. The van der Waals surface area contributed by atoms with Gasteiger partial charge in [0.1, 0.15) is 5.75 Å². The molecule has 2 bridgehead atoms. The molecule has 2 heterocycles. The number of carbonyl (C=O) groups excluding carboxylic acids is 2. The van der Waals surface area contributed by atoms with Crippen LogP contribution in [0.3, 0.4) is 0 Å². The molecule has 2 unspecified atom stereocenters. The number of fused-ring (bicyclic) bond motifs is 2. The molecule has 2 fully saturated rings. The first-order valence-corrected chi connectivity index (χ1v) is 8.65. The Kier molecular flexibility index (Phi) is 7.08. The highest BCUT2D eigenvalue weighted by Gasteiger charge is 2.34. The van der Waals surface area contributed by atoms with Crippen LogP contribution in [-0.2, 0) is 9.59 Å². The lowest BCUT2D eigenvalue weighted by atomic mass is 9.89. The lowest BCUT2D eigenvalue weighted by molar-refractivity contribution is -0.118. The maximum atomic E-state index is 12.2. The molecule has 2 atom stereocenters. The second-order valence-electron chi connectivity index (χ2n) is 6.82. The number of ether oxygens (including phenoxy) is 1.